The first kappa shape index (κ1) is 29.6. The summed E-state index contributed by atoms with van der Waals surface area (Å²) in [5.41, 5.74) is 3.72. The molecule has 218 valence electrons. The molecule has 1 amide bonds. The van der Waals surface area contributed by atoms with Gasteiger partial charge >= 0.3 is 7.82 Å². The molecule has 6 atom stereocenters. The van der Waals surface area contributed by atoms with Crippen molar-refractivity contribution in [3.8, 4) is 5.88 Å². The van der Waals surface area contributed by atoms with Crippen molar-refractivity contribution in [3.63, 3.8) is 0 Å². The van der Waals surface area contributed by atoms with E-state index in [1.807, 2.05) is 0 Å². The van der Waals surface area contributed by atoms with Crippen molar-refractivity contribution in [3.05, 3.63) is 6.33 Å². The average Bonchev–Trinajstić information content (AvgIpc) is 3.40. The van der Waals surface area contributed by atoms with E-state index in [1.54, 1.807) is 20.8 Å². The molecule has 1 unspecified atom stereocenters. The molecule has 2 aliphatic heterocycles. The molecule has 2 aliphatic rings. The number of ether oxygens (including phenoxy) is 2. The van der Waals surface area contributed by atoms with Crippen LogP contribution in [0, 0.1) is 5.41 Å². The molecule has 0 spiro atoms. The Bertz CT molecular complexity index is 1240. The maximum atomic E-state index is 13.1. The van der Waals surface area contributed by atoms with Gasteiger partial charge in [-0.15, -0.1) is 0 Å². The summed E-state index contributed by atoms with van der Waals surface area (Å²) in [6.45, 7) is 6.14. The number of phosphoric ester groups is 1. The van der Waals surface area contributed by atoms with E-state index in [-0.39, 0.29) is 50.3 Å². The normalized spacial score (nSPS) is 29.8. The Morgan fingerprint density at radius 3 is 2.87 bits per heavy atom. The summed E-state index contributed by atoms with van der Waals surface area (Å²) in [5, 5.41) is 33.3. The van der Waals surface area contributed by atoms with Crippen molar-refractivity contribution in [2.75, 3.05) is 38.7 Å². The number of hydrogen-bond acceptors (Lipinski definition) is 14. The second-order valence-electron chi connectivity index (χ2n) is 10.2. The van der Waals surface area contributed by atoms with Crippen molar-refractivity contribution in [2.24, 2.45) is 5.41 Å². The number of aliphatic hydroxyl groups excluding tert-OH is 2. The van der Waals surface area contributed by atoms with Crippen LogP contribution in [0.1, 0.15) is 40.3 Å². The number of anilines is 1. The molecule has 0 saturated carbocycles. The zero-order chi connectivity index (χ0) is 28.6. The van der Waals surface area contributed by atoms with Gasteiger partial charge in [0.2, 0.25) is 17.7 Å². The number of nitrogen functional groups attached to an aromatic ring is 1. The number of hydrogen-bond donors (Lipinski definition) is 5. The molecule has 4 heterocycles. The Balaban J connectivity index is 1.38. The predicted molar refractivity (Wildman–Crippen MR) is 134 cm³/mol. The Labute approximate surface area is 224 Å². The van der Waals surface area contributed by atoms with Crippen LogP contribution in [0.5, 0.6) is 5.88 Å². The van der Waals surface area contributed by atoms with E-state index in [1.165, 1.54) is 17.8 Å². The first-order chi connectivity index (χ1) is 18.3. The first-order valence-corrected chi connectivity index (χ1v) is 13.9. The fourth-order valence-corrected chi connectivity index (χ4v) is 5.76. The van der Waals surface area contributed by atoms with Crippen molar-refractivity contribution in [1.29, 1.82) is 0 Å². The summed E-state index contributed by atoms with van der Waals surface area (Å²) in [6.07, 6.45) is -2.69. The molecule has 39 heavy (non-hydrogen) atoms. The van der Waals surface area contributed by atoms with Crippen LogP contribution in [0.15, 0.2) is 6.33 Å². The highest BCUT2D eigenvalue weighted by Crippen LogP contribution is 2.58. The molecular formula is C22H35N6O10P. The SMILES string of the molecule is CCOc1nc(N)nc2c1ncn2[C@@H]1O[C@@H]2COP(=O)(OCCCNC(=O)[C@@H](O)C(C)(C)CO)O[C@H]2[C@@]1(C)O. The van der Waals surface area contributed by atoms with Gasteiger partial charge in [-0.3, -0.25) is 22.9 Å². The second-order valence-corrected chi connectivity index (χ2v) is 11.8. The highest BCUT2D eigenvalue weighted by Gasteiger charge is 2.60. The Morgan fingerprint density at radius 2 is 2.18 bits per heavy atom. The molecule has 2 aromatic rings. The molecule has 16 nitrogen and oxygen atoms in total. The van der Waals surface area contributed by atoms with Gasteiger partial charge in [-0.05, 0) is 20.3 Å². The standard InChI is InChI=1S/C22H35N6O10P/c1-5-34-18-13-16(26-20(23)27-18)28(11-25-13)19-22(4,32)15-12(37-19)9-36-39(33,38-15)35-8-6-7-24-17(31)14(30)21(2,3)10-29/h11-12,14-15,19,29-30,32H,5-10H2,1-4H3,(H,24,31)(H2,23,26,27)/t12-,14-,15-,19-,22-,39?/m1/s1. The highest BCUT2D eigenvalue weighted by molar-refractivity contribution is 7.48. The van der Waals surface area contributed by atoms with Crippen LogP contribution < -0.4 is 15.8 Å². The van der Waals surface area contributed by atoms with Gasteiger partial charge in [-0.2, -0.15) is 9.97 Å². The fraction of sp³-hybridized carbons (Fsp3) is 0.727. The number of rotatable bonds is 11. The maximum absolute atomic E-state index is 13.1. The van der Waals surface area contributed by atoms with Crippen LogP contribution >= 0.6 is 7.82 Å². The molecule has 0 aliphatic carbocycles. The lowest BCUT2D eigenvalue weighted by Crippen LogP contribution is -2.47. The van der Waals surface area contributed by atoms with Crippen LogP contribution in [0.2, 0.25) is 0 Å². The number of aromatic nitrogens is 4. The number of amides is 1. The minimum atomic E-state index is -4.08. The van der Waals surface area contributed by atoms with E-state index < -0.39 is 49.3 Å². The van der Waals surface area contributed by atoms with Crippen LogP contribution in [0.25, 0.3) is 11.2 Å². The topological polar surface area (TPSA) is 223 Å². The Kier molecular flexibility index (Phi) is 8.50. The number of phosphoric acid groups is 1. The minimum Gasteiger partial charge on any atom is -0.476 e. The highest BCUT2D eigenvalue weighted by atomic mass is 31.2. The van der Waals surface area contributed by atoms with E-state index in [2.05, 4.69) is 20.3 Å². The number of nitrogens with one attached hydrogen (secondary N) is 1. The lowest BCUT2D eigenvalue weighted by Gasteiger charge is -2.35. The zero-order valence-corrected chi connectivity index (χ0v) is 23.0. The second kappa shape index (κ2) is 11.2. The number of nitrogens with two attached hydrogens (primary N) is 1. The van der Waals surface area contributed by atoms with Gasteiger partial charge in [0.25, 0.3) is 0 Å². The third-order valence-corrected chi connectivity index (χ3v) is 8.01. The lowest BCUT2D eigenvalue weighted by molar-refractivity contribution is -0.137. The van der Waals surface area contributed by atoms with Gasteiger partial charge in [0.1, 0.15) is 23.9 Å². The lowest BCUT2D eigenvalue weighted by atomic mass is 9.87. The van der Waals surface area contributed by atoms with E-state index in [0.717, 1.165) is 0 Å². The van der Waals surface area contributed by atoms with E-state index in [4.69, 9.17) is 28.8 Å². The molecule has 6 N–H and O–H groups in total. The molecule has 0 radical (unpaired) electrons. The third-order valence-electron chi connectivity index (χ3n) is 6.56. The monoisotopic (exact) mass is 574 g/mol. The number of nitrogens with zero attached hydrogens (tertiary/aromatic N) is 4. The largest absolute Gasteiger partial charge is 0.476 e. The quantitative estimate of drug-likeness (QED) is 0.174. The molecule has 0 bridgehead atoms. The summed E-state index contributed by atoms with van der Waals surface area (Å²) in [5.74, 6) is -0.511. The third kappa shape index (κ3) is 5.88. The van der Waals surface area contributed by atoms with E-state index in [9.17, 15) is 24.7 Å². The summed E-state index contributed by atoms with van der Waals surface area (Å²) in [4.78, 5) is 24.6. The molecule has 2 saturated heterocycles. The molecule has 0 aromatic carbocycles. The Morgan fingerprint density at radius 1 is 1.44 bits per heavy atom. The van der Waals surface area contributed by atoms with E-state index in [0.29, 0.717) is 12.1 Å². The molecule has 2 aromatic heterocycles. The number of imidazole rings is 1. The summed E-state index contributed by atoms with van der Waals surface area (Å²) in [7, 11) is -4.08. The van der Waals surface area contributed by atoms with Crippen LogP contribution in [-0.4, -0.2) is 97.6 Å². The van der Waals surface area contributed by atoms with Crippen molar-refractivity contribution in [1.82, 2.24) is 24.8 Å². The van der Waals surface area contributed by atoms with Crippen molar-refractivity contribution in [2.45, 2.75) is 64.3 Å². The van der Waals surface area contributed by atoms with Gasteiger partial charge in [0.15, 0.2) is 17.4 Å². The molecule has 17 heteroatoms. The zero-order valence-electron chi connectivity index (χ0n) is 22.1. The van der Waals surface area contributed by atoms with Gasteiger partial charge in [0, 0.05) is 12.0 Å². The Hall–Kier alpha value is -2.43. The number of fused-ring (bicyclic) bond motifs is 2. The van der Waals surface area contributed by atoms with Crippen molar-refractivity contribution >= 4 is 30.8 Å². The van der Waals surface area contributed by atoms with Gasteiger partial charge in [0.05, 0.1) is 32.8 Å². The predicted octanol–water partition coefficient (Wildman–Crippen LogP) is -0.119. The molecule has 2 fully saturated rings. The van der Waals surface area contributed by atoms with E-state index >= 15 is 0 Å². The van der Waals surface area contributed by atoms with Gasteiger partial charge in [-0.1, -0.05) is 13.8 Å². The summed E-state index contributed by atoms with van der Waals surface area (Å²) in [6, 6.07) is 0. The molecular weight excluding hydrogens is 539 g/mol. The first-order valence-electron chi connectivity index (χ1n) is 12.5. The average molecular weight is 575 g/mol. The maximum Gasteiger partial charge on any atom is 0.475 e. The smallest absolute Gasteiger partial charge is 0.475 e. The summed E-state index contributed by atoms with van der Waals surface area (Å²) < 4.78 is 42.5. The van der Waals surface area contributed by atoms with Crippen molar-refractivity contribution < 1.29 is 47.7 Å². The fourth-order valence-electron chi connectivity index (χ4n) is 4.26. The minimum absolute atomic E-state index is 0.0527. The van der Waals surface area contributed by atoms with Crippen LogP contribution in [-0.2, 0) is 27.7 Å². The van der Waals surface area contributed by atoms with Crippen LogP contribution in [0.3, 0.4) is 0 Å². The van der Waals surface area contributed by atoms with Gasteiger partial charge < -0.3 is 35.8 Å². The summed E-state index contributed by atoms with van der Waals surface area (Å²) >= 11 is 0. The van der Waals surface area contributed by atoms with Crippen LogP contribution in [0.4, 0.5) is 5.95 Å². The number of carbonyl (C=O) groups is 1. The molecule has 4 rings (SSSR count). The van der Waals surface area contributed by atoms with Gasteiger partial charge in [-0.25, -0.2) is 9.55 Å². The number of aliphatic hydroxyl groups is 3. The number of carbonyl (C=O) groups excluding carboxylic acids is 1.